The molecule has 0 saturated carbocycles. The zero-order chi connectivity index (χ0) is 17.8. The number of hydrogen-bond acceptors (Lipinski definition) is 4. The van der Waals surface area contributed by atoms with E-state index in [4.69, 9.17) is 4.74 Å². The van der Waals surface area contributed by atoms with Crippen molar-refractivity contribution in [2.75, 3.05) is 7.11 Å². The van der Waals surface area contributed by atoms with Gasteiger partial charge in [-0.15, -0.1) is 0 Å². The number of aliphatic carboxylic acids is 1. The van der Waals surface area contributed by atoms with Gasteiger partial charge in [-0.25, -0.2) is 4.79 Å². The first kappa shape index (κ1) is 16.2. The van der Waals surface area contributed by atoms with Crippen LogP contribution < -0.4 is 4.74 Å². The third-order valence-corrected chi connectivity index (χ3v) is 3.87. The van der Waals surface area contributed by atoms with Crippen molar-refractivity contribution in [3.63, 3.8) is 0 Å². The van der Waals surface area contributed by atoms with Gasteiger partial charge in [0, 0.05) is 22.7 Å². The first-order valence-electron chi connectivity index (χ1n) is 7.52. The van der Waals surface area contributed by atoms with Crippen LogP contribution in [-0.2, 0) is 4.79 Å². The van der Waals surface area contributed by atoms with Gasteiger partial charge in [-0.1, -0.05) is 36.4 Å². The highest BCUT2D eigenvalue weighted by molar-refractivity contribution is 6.08. The van der Waals surface area contributed by atoms with Crippen LogP contribution in [0.5, 0.6) is 5.75 Å². The fourth-order valence-corrected chi connectivity index (χ4v) is 2.79. The summed E-state index contributed by atoms with van der Waals surface area (Å²) in [5.74, 6) is -0.795. The molecule has 3 rings (SSSR count). The van der Waals surface area contributed by atoms with Crippen LogP contribution in [0, 0.1) is 11.3 Å². The Hall–Kier alpha value is -3.65. The van der Waals surface area contributed by atoms with E-state index in [1.807, 2.05) is 30.3 Å². The van der Waals surface area contributed by atoms with Crippen LogP contribution in [0.3, 0.4) is 0 Å². The highest BCUT2D eigenvalue weighted by Crippen LogP contribution is 2.36. The molecule has 25 heavy (non-hydrogen) atoms. The van der Waals surface area contributed by atoms with E-state index < -0.39 is 5.97 Å². The molecular weight excluding hydrogens is 316 g/mol. The predicted molar refractivity (Wildman–Crippen MR) is 94.0 cm³/mol. The molecule has 0 radical (unpaired) electrons. The van der Waals surface area contributed by atoms with Crippen molar-refractivity contribution in [3.8, 4) is 11.8 Å². The van der Waals surface area contributed by atoms with Gasteiger partial charge in [0.15, 0.2) is 0 Å². The molecule has 1 N–H and O–H groups in total. The Morgan fingerprint density at radius 2 is 1.80 bits per heavy atom. The fourth-order valence-electron chi connectivity index (χ4n) is 2.79. The molecule has 0 aliphatic rings. The Morgan fingerprint density at radius 3 is 2.52 bits per heavy atom. The van der Waals surface area contributed by atoms with Crippen LogP contribution in [-0.4, -0.2) is 23.2 Å². The van der Waals surface area contributed by atoms with E-state index in [0.29, 0.717) is 22.4 Å². The fraction of sp³-hybridized carbons (Fsp3) is 0.0500. The van der Waals surface area contributed by atoms with E-state index in [9.17, 15) is 15.2 Å². The number of benzene rings is 2. The van der Waals surface area contributed by atoms with Crippen molar-refractivity contribution in [3.05, 3.63) is 77.5 Å². The number of carbonyl (C=O) groups is 1. The molecule has 0 spiro atoms. The van der Waals surface area contributed by atoms with Crippen molar-refractivity contribution < 1.29 is 14.6 Å². The van der Waals surface area contributed by atoms with Gasteiger partial charge in [0.05, 0.1) is 12.6 Å². The lowest BCUT2D eigenvalue weighted by atomic mass is 9.90. The maximum atomic E-state index is 11.7. The molecule has 0 aliphatic carbocycles. The second-order valence-corrected chi connectivity index (χ2v) is 5.24. The van der Waals surface area contributed by atoms with E-state index >= 15 is 0 Å². The molecule has 122 valence electrons. The molecule has 1 aromatic heterocycles. The van der Waals surface area contributed by atoms with Crippen molar-refractivity contribution in [1.29, 1.82) is 5.26 Å². The average molecular weight is 330 g/mol. The lowest BCUT2D eigenvalue weighted by molar-refractivity contribution is -0.132. The number of hydrogen-bond donors (Lipinski definition) is 1. The molecule has 0 atom stereocenters. The second kappa shape index (κ2) is 6.85. The molecule has 0 fully saturated rings. The van der Waals surface area contributed by atoms with Crippen molar-refractivity contribution in [2.45, 2.75) is 0 Å². The number of carboxylic acids is 1. The summed E-state index contributed by atoms with van der Waals surface area (Å²) in [5.41, 5.74) is 1.84. The molecule has 0 unspecified atom stereocenters. The van der Waals surface area contributed by atoms with Gasteiger partial charge in [0.25, 0.3) is 0 Å². The largest absolute Gasteiger partial charge is 0.496 e. The third kappa shape index (κ3) is 2.93. The number of para-hydroxylation sites is 2. The summed E-state index contributed by atoms with van der Waals surface area (Å²) in [6.45, 7) is 0. The molecule has 5 heteroatoms. The van der Waals surface area contributed by atoms with Crippen molar-refractivity contribution in [1.82, 2.24) is 4.98 Å². The Morgan fingerprint density at radius 1 is 1.08 bits per heavy atom. The van der Waals surface area contributed by atoms with E-state index in [1.165, 1.54) is 7.11 Å². The first-order valence-corrected chi connectivity index (χ1v) is 7.52. The number of nitrogens with zero attached hydrogens (tertiary/aromatic N) is 2. The minimum Gasteiger partial charge on any atom is -0.496 e. The number of ether oxygens (including phenoxy) is 1. The summed E-state index contributed by atoms with van der Waals surface area (Å²) in [7, 11) is 1.51. The van der Waals surface area contributed by atoms with Gasteiger partial charge in [-0.3, -0.25) is 4.98 Å². The molecule has 0 saturated heterocycles. The molecular formula is C20H14N2O3. The number of carboxylic acid groups (broad SMARTS) is 1. The average Bonchev–Trinajstić information content (AvgIpc) is 2.65. The van der Waals surface area contributed by atoms with E-state index in [-0.39, 0.29) is 5.57 Å². The van der Waals surface area contributed by atoms with Crippen LogP contribution >= 0.6 is 0 Å². The van der Waals surface area contributed by atoms with Crippen molar-refractivity contribution in [2.24, 2.45) is 0 Å². The Bertz CT molecular complexity index is 1030. The van der Waals surface area contributed by atoms with Crippen LogP contribution in [0.15, 0.2) is 66.4 Å². The van der Waals surface area contributed by atoms with E-state index in [2.05, 4.69) is 4.98 Å². The minimum atomic E-state index is -1.29. The van der Waals surface area contributed by atoms with Gasteiger partial charge >= 0.3 is 5.97 Å². The Kier molecular flexibility index (Phi) is 4.44. The lowest BCUT2D eigenvalue weighted by Gasteiger charge is -2.15. The number of rotatable bonds is 4. The van der Waals surface area contributed by atoms with Gasteiger partial charge in [0.1, 0.15) is 17.4 Å². The second-order valence-electron chi connectivity index (χ2n) is 5.24. The predicted octanol–water partition coefficient (Wildman–Crippen LogP) is 3.65. The Labute approximate surface area is 144 Å². The molecule has 2 aromatic carbocycles. The van der Waals surface area contributed by atoms with E-state index in [1.54, 1.807) is 36.5 Å². The molecule has 5 nitrogen and oxygen atoms in total. The summed E-state index contributed by atoms with van der Waals surface area (Å²) in [5, 5.41) is 19.8. The highest BCUT2D eigenvalue weighted by atomic mass is 16.5. The van der Waals surface area contributed by atoms with E-state index in [0.717, 1.165) is 10.9 Å². The SMILES string of the molecule is COc1ccccc1/C(=C(/C#N)C(=O)O)c1ccnc2ccccc12. The first-order chi connectivity index (χ1) is 12.2. The summed E-state index contributed by atoms with van der Waals surface area (Å²) < 4.78 is 5.38. The third-order valence-electron chi connectivity index (χ3n) is 3.87. The zero-order valence-electron chi connectivity index (χ0n) is 13.4. The summed E-state index contributed by atoms with van der Waals surface area (Å²) in [4.78, 5) is 16.0. The monoisotopic (exact) mass is 330 g/mol. The number of methoxy groups -OCH3 is 1. The molecule has 3 aromatic rings. The topological polar surface area (TPSA) is 83.2 Å². The minimum absolute atomic E-state index is 0.311. The quantitative estimate of drug-likeness (QED) is 0.583. The normalized spacial score (nSPS) is 11.5. The maximum absolute atomic E-state index is 11.7. The van der Waals surface area contributed by atoms with Crippen molar-refractivity contribution >= 4 is 22.4 Å². The Balaban J connectivity index is 2.45. The molecule has 0 amide bonds. The number of aromatic nitrogens is 1. The lowest BCUT2D eigenvalue weighted by Crippen LogP contribution is -2.05. The molecule has 1 heterocycles. The molecule has 0 aliphatic heterocycles. The van der Waals surface area contributed by atoms with Gasteiger partial charge < -0.3 is 9.84 Å². The van der Waals surface area contributed by atoms with Gasteiger partial charge in [-0.2, -0.15) is 5.26 Å². The summed E-state index contributed by atoms with van der Waals surface area (Å²) in [6, 6.07) is 18.0. The standard InChI is InChI=1S/C20H14N2O3/c1-25-18-9-5-3-7-15(18)19(16(12-21)20(23)24)14-10-11-22-17-8-4-2-6-13(14)17/h2-11H,1H3,(H,23,24)/b19-16-. The summed E-state index contributed by atoms with van der Waals surface area (Å²) >= 11 is 0. The number of pyridine rings is 1. The van der Waals surface area contributed by atoms with Crippen LogP contribution in [0.1, 0.15) is 11.1 Å². The highest BCUT2D eigenvalue weighted by Gasteiger charge is 2.22. The maximum Gasteiger partial charge on any atom is 0.347 e. The zero-order valence-corrected chi connectivity index (χ0v) is 13.4. The molecule has 0 bridgehead atoms. The summed E-state index contributed by atoms with van der Waals surface area (Å²) in [6.07, 6.45) is 1.60. The van der Waals surface area contributed by atoms with Gasteiger partial charge in [-0.05, 0) is 23.8 Å². The van der Waals surface area contributed by atoms with Crippen LogP contribution in [0.25, 0.3) is 16.5 Å². The van der Waals surface area contributed by atoms with Gasteiger partial charge in [0.2, 0.25) is 0 Å². The smallest absolute Gasteiger partial charge is 0.347 e. The number of fused-ring (bicyclic) bond motifs is 1. The van der Waals surface area contributed by atoms with Crippen LogP contribution in [0.4, 0.5) is 0 Å². The number of nitriles is 1. The van der Waals surface area contributed by atoms with Crippen LogP contribution in [0.2, 0.25) is 0 Å².